The topological polar surface area (TPSA) is 79.7 Å². The van der Waals surface area contributed by atoms with Gasteiger partial charge in [-0.3, -0.25) is 14.5 Å². The van der Waals surface area contributed by atoms with Crippen molar-refractivity contribution in [2.45, 2.75) is 13.0 Å². The number of thiophene rings is 1. The molecule has 1 amide bonds. The lowest BCUT2D eigenvalue weighted by Gasteiger charge is -2.24. The third kappa shape index (κ3) is 3.86. The molecule has 0 saturated carbocycles. The summed E-state index contributed by atoms with van der Waals surface area (Å²) in [6.07, 6.45) is 0. The van der Waals surface area contributed by atoms with Gasteiger partial charge in [-0.15, -0.1) is 11.3 Å². The highest BCUT2D eigenvalue weighted by Gasteiger charge is 2.46. The number of aromatic nitrogens is 1. The number of nitrogens with zero attached hydrogens (tertiary/aromatic N) is 2. The zero-order valence-electron chi connectivity index (χ0n) is 17.3. The zero-order valence-corrected chi connectivity index (χ0v) is 20.5. The molecule has 6 nitrogen and oxygen atoms in total. The highest BCUT2D eigenvalue weighted by atomic mass is 79.9. The summed E-state index contributed by atoms with van der Waals surface area (Å²) in [6.45, 7) is 2.45. The van der Waals surface area contributed by atoms with Gasteiger partial charge in [0.2, 0.25) is 5.78 Å². The lowest BCUT2D eigenvalue weighted by molar-refractivity contribution is -0.117. The van der Waals surface area contributed by atoms with Crippen molar-refractivity contribution < 1.29 is 19.4 Å². The number of ether oxygens (including phenoxy) is 1. The van der Waals surface area contributed by atoms with Gasteiger partial charge in [0.1, 0.15) is 5.75 Å². The molecule has 2 aromatic carbocycles. The maximum Gasteiger partial charge on any atom is 0.296 e. The molecule has 0 fully saturated rings. The van der Waals surface area contributed by atoms with E-state index >= 15 is 0 Å². The minimum Gasteiger partial charge on any atom is -0.503 e. The van der Waals surface area contributed by atoms with Crippen LogP contribution in [0.2, 0.25) is 0 Å². The molecule has 1 atom stereocenters. The summed E-state index contributed by atoms with van der Waals surface area (Å²) in [5.41, 5.74) is 1.46. The number of halogens is 1. The Morgan fingerprint density at radius 1 is 1.21 bits per heavy atom. The van der Waals surface area contributed by atoms with E-state index in [0.717, 1.165) is 9.17 Å². The van der Waals surface area contributed by atoms with Crippen molar-refractivity contribution in [1.82, 2.24) is 4.98 Å². The van der Waals surface area contributed by atoms with Gasteiger partial charge in [0.25, 0.3) is 5.91 Å². The molecule has 166 valence electrons. The maximum atomic E-state index is 13.4. The van der Waals surface area contributed by atoms with Crippen molar-refractivity contribution in [3.8, 4) is 5.75 Å². The summed E-state index contributed by atoms with van der Waals surface area (Å²) in [5, 5.41) is 13.0. The van der Waals surface area contributed by atoms with E-state index in [2.05, 4.69) is 20.9 Å². The van der Waals surface area contributed by atoms with Crippen molar-refractivity contribution in [3.05, 3.63) is 86.2 Å². The molecule has 0 aliphatic carbocycles. The summed E-state index contributed by atoms with van der Waals surface area (Å²) in [4.78, 5) is 33.1. The Balaban J connectivity index is 1.64. The normalized spacial score (nSPS) is 16.1. The molecule has 5 rings (SSSR count). The molecule has 0 unspecified atom stereocenters. The van der Waals surface area contributed by atoms with E-state index in [1.54, 1.807) is 17.5 Å². The van der Waals surface area contributed by atoms with Gasteiger partial charge in [0, 0.05) is 4.47 Å². The molecule has 0 radical (unpaired) electrons. The molecule has 0 saturated heterocycles. The standard InChI is InChI=1S/C24H17BrN2O4S2/c1-2-31-15-9-10-16-18(12-15)33-24(26-16)27-20(13-5-7-14(25)8-6-13)19(22(29)23(27)30)21(28)17-4-3-11-32-17/h3-12,20,29H,2H2,1H3/t20-/m1/s1. The largest absolute Gasteiger partial charge is 0.503 e. The molecule has 1 N–H and O–H groups in total. The molecular weight excluding hydrogens is 524 g/mol. The number of amides is 1. The fourth-order valence-electron chi connectivity index (χ4n) is 3.79. The van der Waals surface area contributed by atoms with Gasteiger partial charge < -0.3 is 9.84 Å². The van der Waals surface area contributed by atoms with E-state index in [1.807, 2.05) is 49.4 Å². The number of carbonyl (C=O) groups is 2. The third-order valence-electron chi connectivity index (χ3n) is 5.25. The fraction of sp³-hybridized carbons (Fsp3) is 0.125. The highest BCUT2D eigenvalue weighted by molar-refractivity contribution is 9.10. The number of rotatable bonds is 6. The first-order chi connectivity index (χ1) is 16.0. The molecule has 2 aromatic heterocycles. The van der Waals surface area contributed by atoms with Gasteiger partial charge in [-0.1, -0.05) is 45.5 Å². The number of ketones is 1. The number of carbonyl (C=O) groups excluding carboxylic acids is 2. The van der Waals surface area contributed by atoms with Crippen LogP contribution in [0.4, 0.5) is 5.13 Å². The molecule has 0 bridgehead atoms. The van der Waals surface area contributed by atoms with Crippen LogP contribution in [0.5, 0.6) is 5.75 Å². The van der Waals surface area contributed by atoms with Crippen LogP contribution < -0.4 is 9.64 Å². The Hall–Kier alpha value is -3.01. The molecule has 1 aliphatic rings. The SMILES string of the molecule is CCOc1ccc2nc(N3C(=O)C(O)=C(C(=O)c4cccs4)[C@H]3c3ccc(Br)cc3)sc2c1. The maximum absolute atomic E-state index is 13.4. The number of anilines is 1. The lowest BCUT2D eigenvalue weighted by atomic mass is 9.96. The Morgan fingerprint density at radius 3 is 2.70 bits per heavy atom. The Morgan fingerprint density at radius 2 is 2.00 bits per heavy atom. The van der Waals surface area contributed by atoms with Crippen molar-refractivity contribution in [2.75, 3.05) is 11.5 Å². The van der Waals surface area contributed by atoms with E-state index in [1.165, 1.54) is 27.6 Å². The van der Waals surface area contributed by atoms with Crippen LogP contribution in [0.25, 0.3) is 10.2 Å². The van der Waals surface area contributed by atoms with Crippen LogP contribution in [-0.2, 0) is 4.79 Å². The first-order valence-corrected chi connectivity index (χ1v) is 12.6. The van der Waals surface area contributed by atoms with Crippen LogP contribution in [-0.4, -0.2) is 28.4 Å². The van der Waals surface area contributed by atoms with Crippen molar-refractivity contribution in [2.24, 2.45) is 0 Å². The van der Waals surface area contributed by atoms with Gasteiger partial charge in [0.05, 0.1) is 33.3 Å². The quantitative estimate of drug-likeness (QED) is 0.290. The molecular formula is C24H17BrN2O4S2. The van der Waals surface area contributed by atoms with Gasteiger partial charge in [0.15, 0.2) is 10.9 Å². The van der Waals surface area contributed by atoms with E-state index in [9.17, 15) is 14.7 Å². The summed E-state index contributed by atoms with van der Waals surface area (Å²) in [5.74, 6) is -0.847. The fourth-order valence-corrected chi connectivity index (χ4v) is 5.75. The third-order valence-corrected chi connectivity index (χ3v) is 7.66. The zero-order chi connectivity index (χ0) is 23.1. The second-order valence-electron chi connectivity index (χ2n) is 7.26. The Kier molecular flexibility index (Phi) is 5.77. The molecule has 9 heteroatoms. The van der Waals surface area contributed by atoms with Crippen LogP contribution in [0.15, 0.2) is 75.8 Å². The second-order valence-corrected chi connectivity index (χ2v) is 10.1. The molecule has 4 aromatic rings. The minimum atomic E-state index is -0.799. The summed E-state index contributed by atoms with van der Waals surface area (Å²) in [6, 6.07) is 15.5. The summed E-state index contributed by atoms with van der Waals surface area (Å²) >= 11 is 6.01. The Bertz CT molecular complexity index is 1390. The van der Waals surface area contributed by atoms with E-state index in [0.29, 0.717) is 33.4 Å². The average Bonchev–Trinajstić information content (AvgIpc) is 3.53. The van der Waals surface area contributed by atoms with Crippen LogP contribution in [0, 0.1) is 0 Å². The average molecular weight is 541 g/mol. The second kappa shape index (κ2) is 8.74. The first-order valence-electron chi connectivity index (χ1n) is 10.1. The van der Waals surface area contributed by atoms with Crippen molar-refractivity contribution in [1.29, 1.82) is 0 Å². The number of hydrogen-bond donors (Lipinski definition) is 1. The Labute approximate surface area is 205 Å². The summed E-state index contributed by atoms with van der Waals surface area (Å²) in [7, 11) is 0. The van der Waals surface area contributed by atoms with Gasteiger partial charge in [-0.2, -0.15) is 0 Å². The molecule has 3 heterocycles. The number of fused-ring (bicyclic) bond motifs is 1. The first kappa shape index (κ1) is 21.8. The van der Waals surface area contributed by atoms with Crippen molar-refractivity contribution in [3.63, 3.8) is 0 Å². The lowest BCUT2D eigenvalue weighted by Crippen LogP contribution is -2.30. The number of aliphatic hydroxyl groups excluding tert-OH is 1. The van der Waals surface area contributed by atoms with E-state index in [4.69, 9.17) is 4.74 Å². The molecule has 33 heavy (non-hydrogen) atoms. The van der Waals surface area contributed by atoms with Crippen LogP contribution in [0.3, 0.4) is 0 Å². The van der Waals surface area contributed by atoms with E-state index in [-0.39, 0.29) is 11.4 Å². The van der Waals surface area contributed by atoms with E-state index < -0.39 is 17.7 Å². The smallest absolute Gasteiger partial charge is 0.296 e. The number of hydrogen-bond acceptors (Lipinski definition) is 7. The number of thiazole rings is 1. The molecule has 1 aliphatic heterocycles. The monoisotopic (exact) mass is 540 g/mol. The van der Waals surface area contributed by atoms with Gasteiger partial charge >= 0.3 is 0 Å². The minimum absolute atomic E-state index is 0.0547. The van der Waals surface area contributed by atoms with Gasteiger partial charge in [-0.05, 0) is 54.3 Å². The highest BCUT2D eigenvalue weighted by Crippen LogP contribution is 2.45. The van der Waals surface area contributed by atoms with Crippen LogP contribution >= 0.6 is 38.6 Å². The predicted octanol–water partition coefficient (Wildman–Crippen LogP) is 6.30. The molecule has 0 spiro atoms. The number of Topliss-reactive ketones (excluding diaryl/α,β-unsaturated/α-hetero) is 1. The summed E-state index contributed by atoms with van der Waals surface area (Å²) < 4.78 is 7.29. The van der Waals surface area contributed by atoms with Crippen LogP contribution in [0.1, 0.15) is 28.2 Å². The van der Waals surface area contributed by atoms with Crippen molar-refractivity contribution >= 4 is 65.6 Å². The predicted molar refractivity (Wildman–Crippen MR) is 133 cm³/mol. The number of benzene rings is 2. The van der Waals surface area contributed by atoms with Gasteiger partial charge in [-0.25, -0.2) is 4.98 Å². The number of aliphatic hydroxyl groups is 1.